The van der Waals surface area contributed by atoms with Crippen LogP contribution in [0.5, 0.6) is 0 Å². The van der Waals surface area contributed by atoms with Gasteiger partial charge in [0.2, 0.25) is 5.91 Å². The summed E-state index contributed by atoms with van der Waals surface area (Å²) in [5.74, 6) is -2.24. The molecular weight excluding hydrogens is 367 g/mol. The molecule has 0 saturated carbocycles. The summed E-state index contributed by atoms with van der Waals surface area (Å²) in [6, 6.07) is 11.5. The first-order valence-corrected chi connectivity index (χ1v) is 7.05. The number of benzene rings is 1. The Labute approximate surface area is 130 Å². The average Bonchev–Trinajstić information content (AvgIpc) is 2.77. The van der Waals surface area contributed by atoms with Crippen molar-refractivity contribution in [2.45, 2.75) is 12.8 Å². The normalized spacial score (nSPS) is 18.9. The van der Waals surface area contributed by atoms with Crippen LogP contribution < -0.4 is 5.43 Å². The minimum atomic E-state index is -0.898. The smallest absolute Gasteiger partial charge is 0.249 e. The fourth-order valence-corrected chi connectivity index (χ4v) is 3.13. The molecule has 1 aliphatic rings. The Balaban J connectivity index is 2.55. The molecule has 0 aromatic heterocycles. The molecular formula is C14H11IN4O. The molecule has 100 valence electrons. The molecule has 2 rings (SSSR count). The fraction of sp³-hybridized carbons (Fsp3) is 0.286. The van der Waals surface area contributed by atoms with E-state index in [4.69, 9.17) is 0 Å². The number of nitrogens with one attached hydrogen (secondary N) is 1. The number of carbonyl (C=O) groups is 1. The Morgan fingerprint density at radius 3 is 2.50 bits per heavy atom. The Kier molecular flexibility index (Phi) is 4.35. The van der Waals surface area contributed by atoms with E-state index in [-0.39, 0.29) is 5.91 Å². The first-order valence-electron chi connectivity index (χ1n) is 5.97. The summed E-state index contributed by atoms with van der Waals surface area (Å²) < 4.78 is 0.929. The zero-order chi connectivity index (χ0) is 14.7. The molecule has 0 spiro atoms. The maximum absolute atomic E-state index is 12.0. The predicted molar refractivity (Wildman–Crippen MR) is 81.4 cm³/mol. The van der Waals surface area contributed by atoms with E-state index in [1.54, 1.807) is 6.92 Å². The fourth-order valence-electron chi connectivity index (χ4n) is 2.38. The third kappa shape index (κ3) is 2.52. The number of rotatable bonds is 3. The quantitative estimate of drug-likeness (QED) is 0.818. The zero-order valence-electron chi connectivity index (χ0n) is 10.7. The van der Waals surface area contributed by atoms with E-state index in [1.807, 2.05) is 36.4 Å². The summed E-state index contributed by atoms with van der Waals surface area (Å²) >= 11 is 2.15. The molecule has 0 aliphatic carbocycles. The Hall–Kier alpha value is -1.93. The highest BCUT2D eigenvalue weighted by Crippen LogP contribution is 2.36. The van der Waals surface area contributed by atoms with Crippen molar-refractivity contribution in [3.8, 4) is 12.1 Å². The van der Waals surface area contributed by atoms with E-state index >= 15 is 0 Å². The van der Waals surface area contributed by atoms with Gasteiger partial charge < -0.3 is 0 Å². The van der Waals surface area contributed by atoms with Crippen LogP contribution in [0.3, 0.4) is 0 Å². The highest BCUT2D eigenvalue weighted by Gasteiger charge is 2.41. The summed E-state index contributed by atoms with van der Waals surface area (Å²) in [7, 11) is 0. The molecule has 20 heavy (non-hydrogen) atoms. The van der Waals surface area contributed by atoms with Gasteiger partial charge in [-0.05, 0) is 41.1 Å². The van der Waals surface area contributed by atoms with Crippen LogP contribution in [0.2, 0.25) is 0 Å². The first-order chi connectivity index (χ1) is 9.60. The lowest BCUT2D eigenvalue weighted by atomic mass is 9.76. The Morgan fingerprint density at radius 2 is 2.00 bits per heavy atom. The highest BCUT2D eigenvalue weighted by atomic mass is 127. The van der Waals surface area contributed by atoms with Crippen LogP contribution >= 0.6 is 22.6 Å². The molecule has 0 radical (unpaired) electrons. The number of carbonyl (C=O) groups excluding carboxylic acids is 1. The lowest BCUT2D eigenvalue weighted by Gasteiger charge is -2.24. The van der Waals surface area contributed by atoms with E-state index in [2.05, 4.69) is 33.1 Å². The molecule has 1 aromatic carbocycles. The van der Waals surface area contributed by atoms with Gasteiger partial charge in [-0.1, -0.05) is 18.2 Å². The molecule has 1 heterocycles. The molecule has 1 N–H and O–H groups in total. The van der Waals surface area contributed by atoms with Gasteiger partial charge in [0, 0.05) is 15.2 Å². The van der Waals surface area contributed by atoms with Gasteiger partial charge in [-0.3, -0.25) is 4.79 Å². The van der Waals surface area contributed by atoms with Crippen LogP contribution in [0, 0.1) is 38.1 Å². The van der Waals surface area contributed by atoms with E-state index in [9.17, 15) is 15.3 Å². The van der Waals surface area contributed by atoms with E-state index in [1.165, 1.54) is 0 Å². The summed E-state index contributed by atoms with van der Waals surface area (Å²) in [6.45, 7) is 1.73. The molecule has 5 nitrogen and oxygen atoms in total. The largest absolute Gasteiger partial charge is 0.272 e. The van der Waals surface area contributed by atoms with Gasteiger partial charge in [-0.2, -0.15) is 15.6 Å². The number of amides is 1. The van der Waals surface area contributed by atoms with Crippen molar-refractivity contribution in [3.05, 3.63) is 33.4 Å². The Bertz CT molecular complexity index is 642. The van der Waals surface area contributed by atoms with Gasteiger partial charge in [0.25, 0.3) is 0 Å². The van der Waals surface area contributed by atoms with Crippen LogP contribution in [-0.4, -0.2) is 11.6 Å². The van der Waals surface area contributed by atoms with Crippen molar-refractivity contribution in [1.82, 2.24) is 5.43 Å². The molecule has 1 aliphatic heterocycles. The molecule has 1 amide bonds. The van der Waals surface area contributed by atoms with Gasteiger partial charge in [0.05, 0.1) is 18.1 Å². The number of halogens is 1. The van der Waals surface area contributed by atoms with Crippen LogP contribution in [0.1, 0.15) is 18.4 Å². The van der Waals surface area contributed by atoms with E-state index < -0.39 is 17.8 Å². The average molecular weight is 378 g/mol. The SMILES string of the molecule is CC1=NNC(=O)[C@H]1[C@@H](c1ccccc1I)C(C#N)C#N. The first kappa shape index (κ1) is 14.5. The minimum absolute atomic E-state index is 0.261. The molecule has 0 fully saturated rings. The molecule has 0 unspecified atom stereocenters. The highest BCUT2D eigenvalue weighted by molar-refractivity contribution is 14.1. The summed E-state index contributed by atoms with van der Waals surface area (Å²) in [5.41, 5.74) is 3.86. The van der Waals surface area contributed by atoms with Crippen molar-refractivity contribution in [3.63, 3.8) is 0 Å². The number of nitrogens with zero attached hydrogens (tertiary/aromatic N) is 3. The van der Waals surface area contributed by atoms with Crippen molar-refractivity contribution in [2.75, 3.05) is 0 Å². The summed E-state index contributed by atoms with van der Waals surface area (Å²) in [4.78, 5) is 12.0. The van der Waals surface area contributed by atoms with Crippen LogP contribution in [0.25, 0.3) is 0 Å². The topological polar surface area (TPSA) is 89.0 Å². The van der Waals surface area contributed by atoms with Gasteiger partial charge in [0.15, 0.2) is 0 Å². The van der Waals surface area contributed by atoms with Crippen molar-refractivity contribution in [1.29, 1.82) is 10.5 Å². The van der Waals surface area contributed by atoms with E-state index in [0.29, 0.717) is 5.71 Å². The Morgan fingerprint density at radius 1 is 1.35 bits per heavy atom. The molecule has 6 heteroatoms. The second kappa shape index (κ2) is 6.02. The van der Waals surface area contributed by atoms with Crippen molar-refractivity contribution >= 4 is 34.2 Å². The van der Waals surface area contributed by atoms with Crippen molar-refractivity contribution in [2.24, 2.45) is 16.9 Å². The lowest BCUT2D eigenvalue weighted by Crippen LogP contribution is -2.32. The molecule has 0 bridgehead atoms. The van der Waals surface area contributed by atoms with E-state index in [0.717, 1.165) is 9.13 Å². The third-order valence-electron chi connectivity index (χ3n) is 3.34. The standard InChI is InChI=1S/C14H11IN4O/c1-8-12(14(20)19-18-8)13(9(6-16)7-17)10-4-2-3-5-11(10)15/h2-5,9,12-13H,1H3,(H,19,20)/t12-,13-/m1/s1. The number of nitriles is 2. The summed E-state index contributed by atoms with van der Waals surface area (Å²) in [6.07, 6.45) is 0. The van der Waals surface area contributed by atoms with Gasteiger partial charge in [-0.25, -0.2) is 5.43 Å². The van der Waals surface area contributed by atoms with Gasteiger partial charge in [-0.15, -0.1) is 0 Å². The van der Waals surface area contributed by atoms with Crippen LogP contribution in [-0.2, 0) is 4.79 Å². The summed E-state index contributed by atoms with van der Waals surface area (Å²) in [5, 5.41) is 22.4. The van der Waals surface area contributed by atoms with Crippen LogP contribution in [0.15, 0.2) is 29.4 Å². The maximum Gasteiger partial charge on any atom is 0.249 e. The third-order valence-corrected chi connectivity index (χ3v) is 4.32. The lowest BCUT2D eigenvalue weighted by molar-refractivity contribution is -0.122. The second-order valence-corrected chi connectivity index (χ2v) is 5.65. The monoisotopic (exact) mass is 378 g/mol. The molecule has 1 aromatic rings. The van der Waals surface area contributed by atoms with Crippen LogP contribution in [0.4, 0.5) is 0 Å². The number of hydrogen-bond donors (Lipinski definition) is 1. The number of hydrazone groups is 1. The predicted octanol–water partition coefficient (Wildman–Crippen LogP) is 2.16. The molecule has 0 saturated heterocycles. The zero-order valence-corrected chi connectivity index (χ0v) is 12.8. The number of hydrogen-bond acceptors (Lipinski definition) is 4. The molecule has 2 atom stereocenters. The van der Waals surface area contributed by atoms with Gasteiger partial charge >= 0.3 is 0 Å². The maximum atomic E-state index is 12.0. The van der Waals surface area contributed by atoms with Gasteiger partial charge in [0.1, 0.15) is 5.92 Å². The second-order valence-electron chi connectivity index (χ2n) is 4.49. The van der Waals surface area contributed by atoms with Crippen molar-refractivity contribution < 1.29 is 4.79 Å². The minimum Gasteiger partial charge on any atom is -0.272 e.